The summed E-state index contributed by atoms with van der Waals surface area (Å²) in [4.78, 5) is 26.5. The zero-order valence-electron chi connectivity index (χ0n) is 13.7. The molecule has 4 heteroatoms. The molecule has 0 bridgehead atoms. The summed E-state index contributed by atoms with van der Waals surface area (Å²) in [6.45, 7) is 6.89. The Morgan fingerprint density at radius 3 is 2.39 bits per heavy atom. The molecule has 118 valence electrons. The number of allylic oxidation sites excluding steroid dienone is 1. The first-order valence-electron chi connectivity index (χ1n) is 7.80. The molecule has 1 heterocycles. The number of hydrogen-bond acceptors (Lipinski definition) is 3. The smallest absolute Gasteiger partial charge is 0.253 e. The second-order valence-electron chi connectivity index (χ2n) is 7.45. The van der Waals surface area contributed by atoms with E-state index in [1.807, 2.05) is 51.1 Å². The van der Waals surface area contributed by atoms with E-state index < -0.39 is 5.41 Å². The van der Waals surface area contributed by atoms with Crippen molar-refractivity contribution in [3.63, 3.8) is 0 Å². The van der Waals surface area contributed by atoms with Gasteiger partial charge >= 0.3 is 0 Å². The highest BCUT2D eigenvalue weighted by molar-refractivity contribution is 6.04. The first kappa shape index (κ1) is 15.5. The minimum Gasteiger partial charge on any atom is -0.337 e. The Balaban J connectivity index is 1.79. The Bertz CT molecular complexity index is 745. The maximum Gasteiger partial charge on any atom is 0.253 e. The van der Waals surface area contributed by atoms with Gasteiger partial charge in [-0.3, -0.25) is 9.59 Å². The van der Waals surface area contributed by atoms with Crippen LogP contribution in [0.2, 0.25) is 0 Å². The highest BCUT2D eigenvalue weighted by Crippen LogP contribution is 2.48. The first-order valence-corrected chi connectivity index (χ1v) is 7.80. The highest BCUT2D eigenvalue weighted by Gasteiger charge is 2.52. The first-order chi connectivity index (χ1) is 10.8. The van der Waals surface area contributed by atoms with Crippen LogP contribution >= 0.6 is 0 Å². The van der Waals surface area contributed by atoms with Crippen molar-refractivity contribution in [2.75, 3.05) is 13.1 Å². The molecule has 1 amide bonds. The van der Waals surface area contributed by atoms with E-state index >= 15 is 0 Å². The van der Waals surface area contributed by atoms with E-state index in [9.17, 15) is 14.9 Å². The average Bonchev–Trinajstić information content (AvgIpc) is 2.47. The molecular formula is C19H20N2O2. The molecule has 1 saturated heterocycles. The summed E-state index contributed by atoms with van der Waals surface area (Å²) in [6, 6.07) is 9.56. The quantitative estimate of drug-likeness (QED) is 0.801. The van der Waals surface area contributed by atoms with E-state index in [2.05, 4.69) is 0 Å². The van der Waals surface area contributed by atoms with Gasteiger partial charge in [0.25, 0.3) is 5.91 Å². The summed E-state index contributed by atoms with van der Waals surface area (Å²) in [5.41, 5.74) is 1.27. The molecule has 3 rings (SSSR count). The second-order valence-corrected chi connectivity index (χ2v) is 7.45. The fourth-order valence-corrected chi connectivity index (χ4v) is 3.77. The van der Waals surface area contributed by atoms with Crippen LogP contribution < -0.4 is 0 Å². The molecule has 0 atom stereocenters. The predicted molar refractivity (Wildman–Crippen MR) is 86.6 cm³/mol. The van der Waals surface area contributed by atoms with Gasteiger partial charge in [0.05, 0.1) is 5.57 Å². The molecule has 1 aliphatic carbocycles. The van der Waals surface area contributed by atoms with E-state index in [4.69, 9.17) is 0 Å². The van der Waals surface area contributed by atoms with E-state index in [1.54, 1.807) is 11.0 Å². The van der Waals surface area contributed by atoms with Crippen LogP contribution in [0.4, 0.5) is 0 Å². The number of hydrogen-bond donors (Lipinski definition) is 0. The van der Waals surface area contributed by atoms with Gasteiger partial charge in [-0.15, -0.1) is 0 Å². The van der Waals surface area contributed by atoms with Gasteiger partial charge < -0.3 is 4.90 Å². The molecule has 1 aromatic rings. The van der Waals surface area contributed by atoms with Crippen molar-refractivity contribution in [3.8, 4) is 6.07 Å². The summed E-state index contributed by atoms with van der Waals surface area (Å²) >= 11 is 0. The zero-order valence-corrected chi connectivity index (χ0v) is 13.7. The Morgan fingerprint density at radius 1 is 1.22 bits per heavy atom. The third kappa shape index (κ3) is 2.57. The van der Waals surface area contributed by atoms with Crippen LogP contribution in [0.5, 0.6) is 0 Å². The third-order valence-electron chi connectivity index (χ3n) is 4.82. The lowest BCUT2D eigenvalue weighted by atomic mass is 9.61. The number of Topliss-reactive ketones (excluding diaryl/α,β-unsaturated/α-hetero) is 1. The van der Waals surface area contributed by atoms with Crippen LogP contribution in [0.25, 0.3) is 0 Å². The van der Waals surface area contributed by atoms with Crippen LogP contribution in [0.15, 0.2) is 35.9 Å². The number of ketones is 1. The number of likely N-dealkylation sites (tertiary alicyclic amines) is 1. The van der Waals surface area contributed by atoms with E-state index in [0.717, 1.165) is 5.56 Å². The van der Waals surface area contributed by atoms with Crippen molar-refractivity contribution in [2.45, 2.75) is 27.2 Å². The summed E-state index contributed by atoms with van der Waals surface area (Å²) in [7, 11) is 0. The molecule has 0 saturated carbocycles. The topological polar surface area (TPSA) is 61.2 Å². The largest absolute Gasteiger partial charge is 0.337 e. The molecule has 1 spiro atoms. The lowest BCUT2D eigenvalue weighted by Gasteiger charge is -2.53. The van der Waals surface area contributed by atoms with Gasteiger partial charge in [-0.05, 0) is 25.5 Å². The molecular weight excluding hydrogens is 288 g/mol. The fraction of sp³-hybridized carbons (Fsp3) is 0.421. The van der Waals surface area contributed by atoms with Gasteiger partial charge in [0.2, 0.25) is 0 Å². The summed E-state index contributed by atoms with van der Waals surface area (Å²) in [5.74, 6) is -0.0776. The van der Waals surface area contributed by atoms with Crippen LogP contribution in [-0.2, 0) is 4.79 Å². The lowest BCUT2D eigenvalue weighted by molar-refractivity contribution is -0.127. The molecule has 1 aromatic carbocycles. The molecule has 1 fully saturated rings. The Hall–Kier alpha value is -2.41. The lowest BCUT2D eigenvalue weighted by Crippen LogP contribution is -2.60. The average molecular weight is 308 g/mol. The Morgan fingerprint density at radius 2 is 1.83 bits per heavy atom. The van der Waals surface area contributed by atoms with Crippen molar-refractivity contribution in [1.82, 2.24) is 4.90 Å². The van der Waals surface area contributed by atoms with Gasteiger partial charge in [0, 0.05) is 29.5 Å². The van der Waals surface area contributed by atoms with Crippen molar-refractivity contribution in [3.05, 3.63) is 47.0 Å². The van der Waals surface area contributed by atoms with E-state index in [1.165, 1.54) is 0 Å². The molecule has 0 N–H and O–H groups in total. The van der Waals surface area contributed by atoms with Crippen LogP contribution in [-0.4, -0.2) is 29.7 Å². The number of rotatable bonds is 1. The number of benzene rings is 1. The molecule has 4 nitrogen and oxygen atoms in total. The number of carbonyl (C=O) groups is 2. The molecule has 0 unspecified atom stereocenters. The maximum atomic E-state index is 12.5. The van der Waals surface area contributed by atoms with Crippen molar-refractivity contribution in [1.29, 1.82) is 5.26 Å². The van der Waals surface area contributed by atoms with E-state index in [0.29, 0.717) is 25.1 Å². The minimum absolute atomic E-state index is 0.0113. The summed E-state index contributed by atoms with van der Waals surface area (Å²) in [6.07, 6.45) is 2.47. The molecule has 0 aromatic heterocycles. The Kier molecular flexibility index (Phi) is 3.40. The molecule has 23 heavy (non-hydrogen) atoms. The zero-order chi connectivity index (χ0) is 16.8. The number of nitriles is 1. The third-order valence-corrected chi connectivity index (χ3v) is 4.82. The summed E-state index contributed by atoms with van der Waals surface area (Å²) < 4.78 is 0. The normalized spacial score (nSPS) is 21.4. The van der Waals surface area contributed by atoms with Gasteiger partial charge in [0.15, 0.2) is 5.78 Å². The Labute approximate surface area is 136 Å². The van der Waals surface area contributed by atoms with E-state index in [-0.39, 0.29) is 22.7 Å². The second kappa shape index (κ2) is 5.06. The van der Waals surface area contributed by atoms with Gasteiger partial charge in [-0.25, -0.2) is 0 Å². The number of amides is 1. The minimum atomic E-state index is -0.543. The molecule has 0 radical (unpaired) electrons. The van der Waals surface area contributed by atoms with Crippen LogP contribution in [0, 0.1) is 29.1 Å². The van der Waals surface area contributed by atoms with Crippen molar-refractivity contribution >= 4 is 11.7 Å². The maximum absolute atomic E-state index is 12.5. The van der Waals surface area contributed by atoms with Gasteiger partial charge in [0.1, 0.15) is 6.07 Å². The molecule has 1 aliphatic heterocycles. The van der Waals surface area contributed by atoms with Crippen LogP contribution in [0.1, 0.15) is 36.2 Å². The predicted octanol–water partition coefficient (Wildman–Crippen LogP) is 2.89. The fourth-order valence-electron chi connectivity index (χ4n) is 3.77. The summed E-state index contributed by atoms with van der Waals surface area (Å²) in [5, 5.41) is 9.20. The van der Waals surface area contributed by atoms with Crippen LogP contribution in [0.3, 0.4) is 0 Å². The highest BCUT2D eigenvalue weighted by atomic mass is 16.2. The SMILES string of the molecule is Cc1ccc(C(=O)N2CC3(C=C(C#N)C(=O)C(C)(C)C3)C2)cc1. The van der Waals surface area contributed by atoms with Crippen molar-refractivity contribution < 1.29 is 9.59 Å². The number of aryl methyl sites for hydroxylation is 1. The van der Waals surface area contributed by atoms with Crippen molar-refractivity contribution in [2.24, 2.45) is 10.8 Å². The number of carbonyl (C=O) groups excluding carboxylic acids is 2. The van der Waals surface area contributed by atoms with Gasteiger partial charge in [-0.1, -0.05) is 37.6 Å². The monoisotopic (exact) mass is 308 g/mol. The van der Waals surface area contributed by atoms with Gasteiger partial charge in [-0.2, -0.15) is 5.26 Å². The molecule has 2 aliphatic rings. The standard InChI is InChI=1S/C19H20N2O2/c1-13-4-6-14(7-5-13)17(23)21-11-19(12-21)8-15(9-20)16(22)18(2,3)10-19/h4-8H,10-12H2,1-3H3. The number of nitrogens with zero attached hydrogens (tertiary/aromatic N) is 2.